The molecule has 164 valence electrons. The van der Waals surface area contributed by atoms with Crippen molar-refractivity contribution in [2.45, 2.75) is 32.9 Å². The third-order valence-electron chi connectivity index (χ3n) is 4.96. The van der Waals surface area contributed by atoms with Crippen molar-refractivity contribution in [3.63, 3.8) is 0 Å². The number of halogens is 1. The van der Waals surface area contributed by atoms with E-state index in [1.54, 1.807) is 16.7 Å². The van der Waals surface area contributed by atoms with Gasteiger partial charge in [0.25, 0.3) is 5.56 Å². The Bertz CT molecular complexity index is 1270. The lowest BCUT2D eigenvalue weighted by molar-refractivity contribution is 0.219. The van der Waals surface area contributed by atoms with Crippen molar-refractivity contribution in [1.29, 1.82) is 0 Å². The number of para-hydroxylation sites is 3. The zero-order valence-corrected chi connectivity index (χ0v) is 18.9. The Kier molecular flexibility index (Phi) is 6.76. The van der Waals surface area contributed by atoms with Crippen molar-refractivity contribution in [2.75, 3.05) is 6.61 Å². The molecule has 0 aliphatic rings. The lowest BCUT2D eigenvalue weighted by Crippen LogP contribution is -2.24. The molecule has 0 spiro atoms. The van der Waals surface area contributed by atoms with Crippen LogP contribution in [0.25, 0.3) is 22.3 Å². The second-order valence-electron chi connectivity index (χ2n) is 7.73. The minimum Gasteiger partial charge on any atom is -0.490 e. The molecular formula is C26H25ClN2O3. The first-order valence-electron chi connectivity index (χ1n) is 10.7. The van der Waals surface area contributed by atoms with Crippen LogP contribution < -0.4 is 15.0 Å². The number of fused-ring (bicyclic) bond motifs is 1. The Balaban J connectivity index is 1.58. The topological polar surface area (TPSA) is 53.4 Å². The fourth-order valence-electron chi connectivity index (χ4n) is 3.52. The molecule has 1 heterocycles. The molecule has 0 saturated heterocycles. The quantitative estimate of drug-likeness (QED) is 0.311. The van der Waals surface area contributed by atoms with Crippen LogP contribution in [0.5, 0.6) is 11.5 Å². The minimum atomic E-state index is -0.0657. The number of nitrogens with zero attached hydrogens (tertiary/aromatic N) is 2. The maximum Gasteiger partial charge on any atom is 0.261 e. The SMILES string of the molecule is CC(C)Oc1ccccc1OCCCn1c(-c2ccc(Cl)cc2)nc2ccccc2c1=O. The summed E-state index contributed by atoms with van der Waals surface area (Å²) in [7, 11) is 0. The van der Waals surface area contributed by atoms with Crippen LogP contribution >= 0.6 is 11.6 Å². The van der Waals surface area contributed by atoms with Gasteiger partial charge in [0.05, 0.1) is 23.6 Å². The molecule has 0 unspecified atom stereocenters. The van der Waals surface area contributed by atoms with E-state index in [9.17, 15) is 4.79 Å². The molecule has 0 bridgehead atoms. The highest BCUT2D eigenvalue weighted by Gasteiger charge is 2.13. The van der Waals surface area contributed by atoms with Gasteiger partial charge in [-0.3, -0.25) is 9.36 Å². The fraction of sp³-hybridized carbons (Fsp3) is 0.231. The molecule has 0 aliphatic heterocycles. The number of hydrogen-bond acceptors (Lipinski definition) is 4. The molecule has 32 heavy (non-hydrogen) atoms. The zero-order chi connectivity index (χ0) is 22.5. The molecule has 0 saturated carbocycles. The zero-order valence-electron chi connectivity index (χ0n) is 18.1. The Morgan fingerprint density at radius 2 is 1.62 bits per heavy atom. The van der Waals surface area contributed by atoms with Gasteiger partial charge in [0, 0.05) is 17.1 Å². The lowest BCUT2D eigenvalue weighted by Gasteiger charge is -2.16. The highest BCUT2D eigenvalue weighted by atomic mass is 35.5. The Morgan fingerprint density at radius 1 is 0.938 bits per heavy atom. The first-order chi connectivity index (χ1) is 15.5. The van der Waals surface area contributed by atoms with Gasteiger partial charge in [-0.1, -0.05) is 35.9 Å². The summed E-state index contributed by atoms with van der Waals surface area (Å²) in [5, 5.41) is 1.24. The molecule has 1 aromatic heterocycles. The van der Waals surface area contributed by atoms with Gasteiger partial charge in [-0.15, -0.1) is 0 Å². The molecule has 3 aromatic carbocycles. The van der Waals surface area contributed by atoms with E-state index in [-0.39, 0.29) is 11.7 Å². The number of hydrogen-bond donors (Lipinski definition) is 0. The lowest BCUT2D eigenvalue weighted by atomic mass is 10.1. The van der Waals surface area contributed by atoms with Crippen molar-refractivity contribution in [3.05, 3.63) is 88.2 Å². The molecule has 0 fully saturated rings. The second kappa shape index (κ2) is 9.88. The average molecular weight is 449 g/mol. The Labute approximate surface area is 192 Å². The van der Waals surface area contributed by atoms with Crippen molar-refractivity contribution < 1.29 is 9.47 Å². The highest BCUT2D eigenvalue weighted by molar-refractivity contribution is 6.30. The minimum absolute atomic E-state index is 0.0592. The largest absolute Gasteiger partial charge is 0.490 e. The van der Waals surface area contributed by atoms with E-state index in [2.05, 4.69) is 0 Å². The first kappa shape index (κ1) is 21.9. The number of rotatable bonds is 8. The van der Waals surface area contributed by atoms with Gasteiger partial charge >= 0.3 is 0 Å². The van der Waals surface area contributed by atoms with E-state index >= 15 is 0 Å². The maximum absolute atomic E-state index is 13.3. The molecule has 0 aliphatic carbocycles. The van der Waals surface area contributed by atoms with Crippen LogP contribution in [0.4, 0.5) is 0 Å². The van der Waals surface area contributed by atoms with Crippen molar-refractivity contribution in [1.82, 2.24) is 9.55 Å². The summed E-state index contributed by atoms with van der Waals surface area (Å²) in [6.45, 7) is 4.88. The van der Waals surface area contributed by atoms with Gasteiger partial charge in [-0.25, -0.2) is 4.98 Å². The van der Waals surface area contributed by atoms with Gasteiger partial charge in [-0.2, -0.15) is 0 Å². The van der Waals surface area contributed by atoms with Gasteiger partial charge < -0.3 is 9.47 Å². The van der Waals surface area contributed by atoms with Crippen LogP contribution in [0.3, 0.4) is 0 Å². The van der Waals surface area contributed by atoms with Crippen molar-refractivity contribution >= 4 is 22.5 Å². The van der Waals surface area contributed by atoms with Crippen LogP contribution in [-0.2, 0) is 6.54 Å². The maximum atomic E-state index is 13.3. The van der Waals surface area contributed by atoms with Crippen LogP contribution in [-0.4, -0.2) is 22.3 Å². The van der Waals surface area contributed by atoms with Gasteiger partial charge in [0.2, 0.25) is 0 Å². The number of ether oxygens (including phenoxy) is 2. The van der Waals surface area contributed by atoms with E-state index in [0.717, 1.165) is 5.56 Å². The normalized spacial score (nSPS) is 11.1. The molecule has 6 heteroatoms. The fourth-order valence-corrected chi connectivity index (χ4v) is 3.65. The molecule has 0 amide bonds. The average Bonchev–Trinajstić information content (AvgIpc) is 2.79. The Morgan fingerprint density at radius 3 is 2.38 bits per heavy atom. The smallest absolute Gasteiger partial charge is 0.261 e. The summed E-state index contributed by atoms with van der Waals surface area (Å²) in [4.78, 5) is 18.0. The molecular weight excluding hydrogens is 424 g/mol. The van der Waals surface area contributed by atoms with Crippen molar-refractivity contribution in [2.24, 2.45) is 0 Å². The van der Waals surface area contributed by atoms with E-state index in [1.165, 1.54) is 0 Å². The summed E-state index contributed by atoms with van der Waals surface area (Å²) in [6.07, 6.45) is 0.695. The summed E-state index contributed by atoms with van der Waals surface area (Å²) in [5.41, 5.74) is 1.45. The molecule has 0 atom stereocenters. The number of aromatic nitrogens is 2. The molecule has 0 radical (unpaired) electrons. The third kappa shape index (κ3) is 4.94. The first-order valence-corrected chi connectivity index (χ1v) is 11.0. The van der Waals surface area contributed by atoms with Crippen LogP contribution in [0.2, 0.25) is 5.02 Å². The predicted octanol–water partition coefficient (Wildman–Crippen LogP) is 5.97. The van der Waals surface area contributed by atoms with Crippen LogP contribution in [0, 0.1) is 0 Å². The van der Waals surface area contributed by atoms with E-state index in [4.69, 9.17) is 26.1 Å². The highest BCUT2D eigenvalue weighted by Crippen LogP contribution is 2.27. The standard InChI is InChI=1S/C26H25ClN2O3/c1-18(2)32-24-11-6-5-10-23(24)31-17-7-16-29-25(19-12-14-20(27)15-13-19)28-22-9-4-3-8-21(22)26(29)30/h3-6,8-15,18H,7,16-17H2,1-2H3. The monoisotopic (exact) mass is 448 g/mol. The molecule has 4 rings (SSSR count). The van der Waals surface area contributed by atoms with Gasteiger partial charge in [-0.05, 0) is 68.8 Å². The van der Waals surface area contributed by atoms with E-state index in [1.807, 2.05) is 74.5 Å². The predicted molar refractivity (Wildman–Crippen MR) is 129 cm³/mol. The second-order valence-corrected chi connectivity index (χ2v) is 8.17. The van der Waals surface area contributed by atoms with Gasteiger partial charge in [0.1, 0.15) is 5.82 Å². The van der Waals surface area contributed by atoms with E-state index in [0.29, 0.717) is 52.8 Å². The molecule has 5 nitrogen and oxygen atoms in total. The van der Waals surface area contributed by atoms with Crippen molar-refractivity contribution in [3.8, 4) is 22.9 Å². The Hall–Kier alpha value is -3.31. The number of benzene rings is 3. The summed E-state index contributed by atoms with van der Waals surface area (Å²) >= 11 is 6.05. The molecule has 0 N–H and O–H groups in total. The van der Waals surface area contributed by atoms with Gasteiger partial charge in [0.15, 0.2) is 11.5 Å². The van der Waals surface area contributed by atoms with E-state index < -0.39 is 0 Å². The summed E-state index contributed by atoms with van der Waals surface area (Å²) in [6, 6.07) is 22.4. The molecule has 4 aromatic rings. The third-order valence-corrected chi connectivity index (χ3v) is 5.21. The van der Waals surface area contributed by atoms with Crippen LogP contribution in [0.15, 0.2) is 77.6 Å². The summed E-state index contributed by atoms with van der Waals surface area (Å²) < 4.78 is 13.5. The van der Waals surface area contributed by atoms with Crippen LogP contribution in [0.1, 0.15) is 20.3 Å². The summed E-state index contributed by atoms with van der Waals surface area (Å²) in [5.74, 6) is 2.03.